The molecule has 0 aromatic rings. The predicted molar refractivity (Wildman–Crippen MR) is 55.1 cm³/mol. The summed E-state index contributed by atoms with van der Waals surface area (Å²) in [6.45, 7) is 8.69. The van der Waals surface area contributed by atoms with Crippen molar-refractivity contribution >= 4 is 0 Å². The lowest BCUT2D eigenvalue weighted by atomic mass is 9.76. The van der Waals surface area contributed by atoms with E-state index in [0.29, 0.717) is 6.54 Å². The average Bonchev–Trinajstić information content (AvgIpc) is 2.58. The van der Waals surface area contributed by atoms with Gasteiger partial charge in [-0.25, -0.2) is 0 Å². The van der Waals surface area contributed by atoms with Crippen molar-refractivity contribution in [1.29, 1.82) is 0 Å². The van der Waals surface area contributed by atoms with Crippen molar-refractivity contribution in [3.8, 4) is 0 Å². The third-order valence-electron chi connectivity index (χ3n) is 3.96. The second-order valence-electron chi connectivity index (χ2n) is 5.63. The summed E-state index contributed by atoms with van der Waals surface area (Å²) in [5.74, 6) is 0. The third-order valence-corrected chi connectivity index (χ3v) is 3.96. The Morgan fingerprint density at radius 2 is 1.86 bits per heavy atom. The van der Waals surface area contributed by atoms with E-state index in [4.69, 9.17) is 15.2 Å². The maximum absolute atomic E-state index is 6.21. The summed E-state index contributed by atoms with van der Waals surface area (Å²) >= 11 is 0. The largest absolute Gasteiger partial charge is 0.378 e. The fraction of sp³-hybridized carbons (Fsp3) is 1.00. The number of ether oxygens (including phenoxy) is 2. The molecule has 0 bridgehead atoms. The molecule has 0 saturated carbocycles. The van der Waals surface area contributed by atoms with Crippen LogP contribution in [0.5, 0.6) is 0 Å². The van der Waals surface area contributed by atoms with E-state index >= 15 is 0 Å². The van der Waals surface area contributed by atoms with Gasteiger partial charge in [-0.2, -0.15) is 0 Å². The van der Waals surface area contributed by atoms with Gasteiger partial charge in [-0.3, -0.25) is 0 Å². The first-order valence-corrected chi connectivity index (χ1v) is 5.41. The molecule has 1 spiro atoms. The molecule has 2 N–H and O–H groups in total. The van der Waals surface area contributed by atoms with Crippen LogP contribution in [0, 0.1) is 5.41 Å². The van der Waals surface area contributed by atoms with Gasteiger partial charge in [0.05, 0.1) is 24.4 Å². The van der Waals surface area contributed by atoms with E-state index in [1.807, 2.05) is 0 Å². The van der Waals surface area contributed by atoms with Crippen molar-refractivity contribution in [2.24, 2.45) is 11.1 Å². The highest BCUT2D eigenvalue weighted by Crippen LogP contribution is 2.51. The molecule has 2 aliphatic rings. The minimum absolute atomic E-state index is 0.0822. The third kappa shape index (κ3) is 1.30. The highest BCUT2D eigenvalue weighted by atomic mass is 16.6. The normalized spacial score (nSPS) is 46.3. The van der Waals surface area contributed by atoms with Crippen molar-refractivity contribution in [2.45, 2.75) is 44.8 Å². The van der Waals surface area contributed by atoms with E-state index in [1.54, 1.807) is 0 Å². The van der Waals surface area contributed by atoms with Gasteiger partial charge in [0.25, 0.3) is 0 Å². The zero-order valence-corrected chi connectivity index (χ0v) is 9.43. The molecule has 2 heterocycles. The molecule has 0 amide bonds. The molecule has 2 aliphatic heterocycles. The molecule has 2 unspecified atom stereocenters. The predicted octanol–water partition coefficient (Wildman–Crippen LogP) is 1.31. The van der Waals surface area contributed by atoms with Gasteiger partial charge in [0.2, 0.25) is 0 Å². The molecule has 0 aliphatic carbocycles. The summed E-state index contributed by atoms with van der Waals surface area (Å²) in [6.07, 6.45) is 2.13. The minimum Gasteiger partial charge on any atom is -0.378 e. The van der Waals surface area contributed by atoms with Crippen LogP contribution in [0.2, 0.25) is 0 Å². The van der Waals surface area contributed by atoms with Gasteiger partial charge in [0, 0.05) is 12.0 Å². The van der Waals surface area contributed by atoms with E-state index in [2.05, 4.69) is 20.8 Å². The average molecular weight is 199 g/mol. The second kappa shape index (κ2) is 2.94. The Morgan fingerprint density at radius 3 is 2.29 bits per heavy atom. The first kappa shape index (κ1) is 10.4. The first-order chi connectivity index (χ1) is 6.43. The molecule has 3 heteroatoms. The van der Waals surface area contributed by atoms with Gasteiger partial charge >= 0.3 is 0 Å². The lowest BCUT2D eigenvalue weighted by Gasteiger charge is -2.37. The monoisotopic (exact) mass is 199 g/mol. The number of hydrogen-bond acceptors (Lipinski definition) is 3. The van der Waals surface area contributed by atoms with Crippen LogP contribution in [-0.4, -0.2) is 31.0 Å². The summed E-state index contributed by atoms with van der Waals surface area (Å²) < 4.78 is 11.8. The minimum atomic E-state index is -0.134. The van der Waals surface area contributed by atoms with E-state index < -0.39 is 0 Å². The summed E-state index contributed by atoms with van der Waals surface area (Å²) in [5.41, 5.74) is 5.65. The molecular weight excluding hydrogens is 178 g/mol. The Hall–Kier alpha value is -0.120. The van der Waals surface area contributed by atoms with E-state index in [9.17, 15) is 0 Å². The fourth-order valence-electron chi connectivity index (χ4n) is 2.56. The van der Waals surface area contributed by atoms with Gasteiger partial charge in [-0.05, 0) is 19.8 Å². The van der Waals surface area contributed by atoms with Crippen molar-refractivity contribution in [3.63, 3.8) is 0 Å². The molecule has 2 saturated heterocycles. The summed E-state index contributed by atoms with van der Waals surface area (Å²) in [6, 6.07) is 0. The highest BCUT2D eigenvalue weighted by molar-refractivity contribution is 5.06. The molecular formula is C11H21NO2. The summed E-state index contributed by atoms with van der Waals surface area (Å²) in [7, 11) is 0. The Morgan fingerprint density at radius 1 is 1.14 bits per heavy atom. The van der Waals surface area contributed by atoms with Gasteiger partial charge < -0.3 is 15.2 Å². The Kier molecular flexibility index (Phi) is 2.18. The van der Waals surface area contributed by atoms with Crippen LogP contribution in [0.15, 0.2) is 0 Å². The summed E-state index contributed by atoms with van der Waals surface area (Å²) in [5, 5.41) is 0. The van der Waals surface area contributed by atoms with Crippen LogP contribution in [-0.2, 0) is 9.47 Å². The molecule has 3 nitrogen and oxygen atoms in total. The topological polar surface area (TPSA) is 44.5 Å². The zero-order valence-electron chi connectivity index (χ0n) is 9.43. The van der Waals surface area contributed by atoms with Crippen LogP contribution in [0.1, 0.15) is 33.6 Å². The second-order valence-corrected chi connectivity index (χ2v) is 5.63. The smallest absolute Gasteiger partial charge is 0.0996 e. The standard InChI is InChI=1S/C11H21NO2/c1-9(2)7-13-8-11(9)5-4-10(3,6-12)14-11/h4-8,12H2,1-3H3. The van der Waals surface area contributed by atoms with Crippen molar-refractivity contribution in [1.82, 2.24) is 0 Å². The quantitative estimate of drug-likeness (QED) is 0.692. The maximum Gasteiger partial charge on any atom is 0.0996 e. The van der Waals surface area contributed by atoms with Gasteiger partial charge in [0.1, 0.15) is 0 Å². The SMILES string of the molecule is CC1(CN)CCC2(COCC2(C)C)O1. The fourth-order valence-corrected chi connectivity index (χ4v) is 2.56. The Balaban J connectivity index is 2.20. The van der Waals surface area contributed by atoms with E-state index in [0.717, 1.165) is 26.1 Å². The van der Waals surface area contributed by atoms with Crippen LogP contribution in [0.4, 0.5) is 0 Å². The lowest BCUT2D eigenvalue weighted by molar-refractivity contribution is -0.128. The molecule has 0 aromatic heterocycles. The number of hydrogen-bond donors (Lipinski definition) is 1. The zero-order chi connectivity index (χ0) is 10.4. The van der Waals surface area contributed by atoms with Crippen molar-refractivity contribution < 1.29 is 9.47 Å². The van der Waals surface area contributed by atoms with Gasteiger partial charge in [-0.1, -0.05) is 13.8 Å². The molecule has 2 rings (SSSR count). The molecule has 82 valence electrons. The van der Waals surface area contributed by atoms with Crippen LogP contribution in [0.3, 0.4) is 0 Å². The van der Waals surface area contributed by atoms with Gasteiger partial charge in [-0.15, -0.1) is 0 Å². The summed E-state index contributed by atoms with van der Waals surface area (Å²) in [4.78, 5) is 0. The maximum atomic E-state index is 6.21. The van der Waals surface area contributed by atoms with Crippen LogP contribution in [0.25, 0.3) is 0 Å². The van der Waals surface area contributed by atoms with Crippen molar-refractivity contribution in [3.05, 3.63) is 0 Å². The molecule has 0 aromatic carbocycles. The Bertz CT molecular complexity index is 241. The number of rotatable bonds is 1. The van der Waals surface area contributed by atoms with E-state index in [1.165, 1.54) is 0 Å². The van der Waals surface area contributed by atoms with Crippen molar-refractivity contribution in [2.75, 3.05) is 19.8 Å². The van der Waals surface area contributed by atoms with Gasteiger partial charge in [0.15, 0.2) is 0 Å². The number of nitrogens with two attached hydrogens (primary N) is 1. The molecule has 0 radical (unpaired) electrons. The molecule has 14 heavy (non-hydrogen) atoms. The molecule has 2 fully saturated rings. The van der Waals surface area contributed by atoms with Crippen LogP contribution < -0.4 is 5.73 Å². The van der Waals surface area contributed by atoms with Crippen LogP contribution >= 0.6 is 0 Å². The lowest BCUT2D eigenvalue weighted by Crippen LogP contribution is -2.47. The Labute approximate surface area is 85.9 Å². The van der Waals surface area contributed by atoms with E-state index in [-0.39, 0.29) is 16.6 Å². The first-order valence-electron chi connectivity index (χ1n) is 5.41. The highest BCUT2D eigenvalue weighted by Gasteiger charge is 2.57. The molecule has 2 atom stereocenters.